The molecule has 0 aliphatic heterocycles. The minimum atomic E-state index is -0.607. The zero-order valence-corrected chi connectivity index (χ0v) is 11.8. The number of nitrogens with zero attached hydrogens (tertiary/aromatic N) is 2. The van der Waals surface area contributed by atoms with Gasteiger partial charge in [-0.1, -0.05) is 12.1 Å². The molecule has 4 heteroatoms. The van der Waals surface area contributed by atoms with Crippen molar-refractivity contribution in [3.8, 4) is 6.07 Å². The predicted molar refractivity (Wildman–Crippen MR) is 77.5 cm³/mol. The molecule has 3 rings (SSSR count). The highest BCUT2D eigenvalue weighted by atomic mass is 19.1. The highest BCUT2D eigenvalue weighted by Crippen LogP contribution is 2.43. The summed E-state index contributed by atoms with van der Waals surface area (Å²) in [6.07, 6.45) is 7.55. The van der Waals surface area contributed by atoms with Crippen molar-refractivity contribution in [2.24, 2.45) is 0 Å². The maximum absolute atomic E-state index is 13.1. The molecule has 0 unspecified atom stereocenters. The molecule has 0 atom stereocenters. The SMILES string of the molecule is N#CC1(N(C(=O)C=Cc2cccc(F)c2)C2CC2)CCC1. The van der Waals surface area contributed by atoms with Gasteiger partial charge in [0.15, 0.2) is 0 Å². The summed E-state index contributed by atoms with van der Waals surface area (Å²) in [5.74, 6) is -0.459. The van der Waals surface area contributed by atoms with Crippen LogP contribution in [0.5, 0.6) is 0 Å². The third-order valence-electron chi connectivity index (χ3n) is 4.27. The minimum Gasteiger partial charge on any atom is -0.317 e. The van der Waals surface area contributed by atoms with Gasteiger partial charge < -0.3 is 4.90 Å². The Hall–Kier alpha value is -2.15. The van der Waals surface area contributed by atoms with Crippen LogP contribution in [-0.2, 0) is 4.79 Å². The standard InChI is InChI=1S/C17H17FN2O/c18-14-4-1-3-13(11-14)5-8-16(21)20(15-6-7-15)17(12-19)9-2-10-17/h1,3-5,8,11,15H,2,6-7,9-10H2. The summed E-state index contributed by atoms with van der Waals surface area (Å²) in [7, 11) is 0. The number of benzene rings is 1. The Bertz CT molecular complexity index is 624. The van der Waals surface area contributed by atoms with Crippen LogP contribution < -0.4 is 0 Å². The van der Waals surface area contributed by atoms with E-state index in [4.69, 9.17) is 0 Å². The fourth-order valence-electron chi connectivity index (χ4n) is 2.85. The van der Waals surface area contributed by atoms with Crippen LogP contribution in [0.1, 0.15) is 37.7 Å². The Morgan fingerprint density at radius 1 is 1.43 bits per heavy atom. The van der Waals surface area contributed by atoms with Gasteiger partial charge in [-0.25, -0.2) is 4.39 Å². The van der Waals surface area contributed by atoms with Gasteiger partial charge in [0, 0.05) is 12.1 Å². The maximum Gasteiger partial charge on any atom is 0.248 e. The molecule has 0 saturated heterocycles. The van der Waals surface area contributed by atoms with Gasteiger partial charge in [0.25, 0.3) is 0 Å². The van der Waals surface area contributed by atoms with E-state index < -0.39 is 5.54 Å². The molecular formula is C17H17FN2O. The molecule has 108 valence electrons. The second-order valence-corrected chi connectivity index (χ2v) is 5.82. The van der Waals surface area contributed by atoms with E-state index in [1.165, 1.54) is 18.2 Å². The van der Waals surface area contributed by atoms with Crippen molar-refractivity contribution >= 4 is 12.0 Å². The molecule has 2 aliphatic rings. The molecule has 1 amide bonds. The molecule has 0 heterocycles. The van der Waals surface area contributed by atoms with Crippen molar-refractivity contribution in [1.82, 2.24) is 4.90 Å². The average molecular weight is 284 g/mol. The third-order valence-corrected chi connectivity index (χ3v) is 4.27. The fraction of sp³-hybridized carbons (Fsp3) is 0.412. The number of carbonyl (C=O) groups is 1. The smallest absolute Gasteiger partial charge is 0.248 e. The van der Waals surface area contributed by atoms with Crippen LogP contribution >= 0.6 is 0 Å². The van der Waals surface area contributed by atoms with Crippen LogP contribution in [0.3, 0.4) is 0 Å². The summed E-state index contributed by atoms with van der Waals surface area (Å²) in [5, 5.41) is 9.44. The van der Waals surface area contributed by atoms with Crippen LogP contribution in [0.2, 0.25) is 0 Å². The Kier molecular flexibility index (Phi) is 3.50. The van der Waals surface area contributed by atoms with E-state index in [0.29, 0.717) is 5.56 Å². The summed E-state index contributed by atoms with van der Waals surface area (Å²) in [4.78, 5) is 14.2. The van der Waals surface area contributed by atoms with Gasteiger partial charge in [-0.2, -0.15) is 5.26 Å². The summed E-state index contributed by atoms with van der Waals surface area (Å²) >= 11 is 0. The summed E-state index contributed by atoms with van der Waals surface area (Å²) in [6.45, 7) is 0. The molecule has 3 nitrogen and oxygen atoms in total. The van der Waals surface area contributed by atoms with Gasteiger partial charge in [0.2, 0.25) is 5.91 Å². The second-order valence-electron chi connectivity index (χ2n) is 5.82. The van der Waals surface area contributed by atoms with Gasteiger partial charge in [0.1, 0.15) is 11.4 Å². The first-order valence-corrected chi connectivity index (χ1v) is 7.33. The van der Waals surface area contributed by atoms with Gasteiger partial charge in [-0.3, -0.25) is 4.79 Å². The largest absolute Gasteiger partial charge is 0.317 e. The van der Waals surface area contributed by atoms with Crippen molar-refractivity contribution in [3.63, 3.8) is 0 Å². The molecule has 2 fully saturated rings. The maximum atomic E-state index is 13.1. The highest BCUT2D eigenvalue weighted by molar-refractivity contribution is 5.93. The lowest BCUT2D eigenvalue weighted by atomic mass is 9.76. The number of hydrogen-bond donors (Lipinski definition) is 0. The Labute approximate surface area is 123 Å². The van der Waals surface area contributed by atoms with Crippen LogP contribution in [0.4, 0.5) is 4.39 Å². The number of nitriles is 1. The lowest BCUT2D eigenvalue weighted by Crippen LogP contribution is -2.56. The zero-order valence-electron chi connectivity index (χ0n) is 11.8. The molecule has 1 aromatic carbocycles. The van der Waals surface area contributed by atoms with Crippen molar-refractivity contribution < 1.29 is 9.18 Å². The van der Waals surface area contributed by atoms with Gasteiger partial charge in [-0.15, -0.1) is 0 Å². The number of carbonyl (C=O) groups excluding carboxylic acids is 1. The average Bonchev–Trinajstić information content (AvgIpc) is 3.24. The van der Waals surface area contributed by atoms with Crippen LogP contribution in [0.15, 0.2) is 30.3 Å². The third kappa shape index (κ3) is 2.69. The van der Waals surface area contributed by atoms with Crippen molar-refractivity contribution in [1.29, 1.82) is 5.26 Å². The van der Waals surface area contributed by atoms with E-state index in [0.717, 1.165) is 32.1 Å². The van der Waals surface area contributed by atoms with E-state index >= 15 is 0 Å². The molecule has 21 heavy (non-hydrogen) atoms. The monoisotopic (exact) mass is 284 g/mol. The van der Waals surface area contributed by atoms with Crippen molar-refractivity contribution in [2.45, 2.75) is 43.7 Å². The van der Waals surface area contributed by atoms with E-state index in [-0.39, 0.29) is 17.8 Å². The van der Waals surface area contributed by atoms with Gasteiger partial charge in [-0.05, 0) is 55.9 Å². The van der Waals surface area contributed by atoms with Crippen molar-refractivity contribution in [3.05, 3.63) is 41.7 Å². The first kappa shape index (κ1) is 13.8. The highest BCUT2D eigenvalue weighted by Gasteiger charge is 2.50. The molecule has 0 radical (unpaired) electrons. The molecular weight excluding hydrogens is 267 g/mol. The summed E-state index contributed by atoms with van der Waals surface area (Å²) in [5.41, 5.74) is 0.0450. The topological polar surface area (TPSA) is 44.1 Å². The number of amides is 1. The van der Waals surface area contributed by atoms with Crippen molar-refractivity contribution in [2.75, 3.05) is 0 Å². The Balaban J connectivity index is 1.78. The minimum absolute atomic E-state index is 0.136. The summed E-state index contributed by atoms with van der Waals surface area (Å²) < 4.78 is 13.1. The predicted octanol–water partition coefficient (Wildman–Crippen LogP) is 3.28. The van der Waals surface area contributed by atoms with Crippen LogP contribution in [0.25, 0.3) is 6.08 Å². The van der Waals surface area contributed by atoms with Crippen LogP contribution in [-0.4, -0.2) is 22.4 Å². The lowest BCUT2D eigenvalue weighted by molar-refractivity contribution is -0.133. The van der Waals surface area contributed by atoms with Gasteiger partial charge >= 0.3 is 0 Å². The second kappa shape index (κ2) is 5.33. The Morgan fingerprint density at radius 2 is 2.19 bits per heavy atom. The molecule has 2 saturated carbocycles. The van der Waals surface area contributed by atoms with E-state index in [1.807, 2.05) is 0 Å². The number of halogens is 1. The van der Waals surface area contributed by atoms with Gasteiger partial charge in [0.05, 0.1) is 6.07 Å². The lowest BCUT2D eigenvalue weighted by Gasteiger charge is -2.45. The first-order chi connectivity index (χ1) is 10.1. The Morgan fingerprint density at radius 3 is 2.71 bits per heavy atom. The molecule has 0 bridgehead atoms. The summed E-state index contributed by atoms with van der Waals surface area (Å²) in [6, 6.07) is 8.65. The van der Waals surface area contributed by atoms with E-state index in [1.54, 1.807) is 23.1 Å². The van der Waals surface area contributed by atoms with E-state index in [2.05, 4.69) is 6.07 Å². The molecule has 2 aliphatic carbocycles. The number of rotatable bonds is 4. The molecule has 0 N–H and O–H groups in total. The van der Waals surface area contributed by atoms with Crippen LogP contribution in [0, 0.1) is 17.1 Å². The molecule has 0 spiro atoms. The number of hydrogen-bond acceptors (Lipinski definition) is 2. The van der Waals surface area contributed by atoms with E-state index in [9.17, 15) is 14.4 Å². The molecule has 0 aromatic heterocycles. The normalized spacial score (nSPS) is 19.8. The fourth-order valence-corrected chi connectivity index (χ4v) is 2.85. The quantitative estimate of drug-likeness (QED) is 0.796. The first-order valence-electron chi connectivity index (χ1n) is 7.33. The molecule has 1 aromatic rings. The zero-order chi connectivity index (χ0) is 14.9.